The lowest BCUT2D eigenvalue weighted by molar-refractivity contribution is 0.708. The lowest BCUT2D eigenvalue weighted by Gasteiger charge is -2.22. The maximum atomic E-state index is 4.75. The average Bonchev–Trinajstić information content (AvgIpc) is 3.20. The van der Waals surface area contributed by atoms with Gasteiger partial charge in [-0.1, -0.05) is 13.0 Å². The van der Waals surface area contributed by atoms with E-state index in [1.807, 2.05) is 6.20 Å². The number of aromatic nitrogens is 2. The van der Waals surface area contributed by atoms with Crippen molar-refractivity contribution in [1.82, 2.24) is 15.3 Å². The van der Waals surface area contributed by atoms with Crippen LogP contribution in [-0.4, -0.2) is 22.6 Å². The van der Waals surface area contributed by atoms with E-state index >= 15 is 0 Å². The molecule has 1 saturated carbocycles. The summed E-state index contributed by atoms with van der Waals surface area (Å²) in [4.78, 5) is 13.1. The quantitative estimate of drug-likeness (QED) is 0.853. The molecule has 21 heavy (non-hydrogen) atoms. The van der Waals surface area contributed by atoms with Crippen molar-refractivity contribution in [1.29, 1.82) is 0 Å². The van der Waals surface area contributed by atoms with Crippen molar-refractivity contribution in [3.8, 4) is 0 Å². The normalized spacial score (nSPS) is 14.4. The Morgan fingerprint density at radius 3 is 2.90 bits per heavy atom. The first-order valence-electron chi connectivity index (χ1n) is 7.60. The third-order valence-electron chi connectivity index (χ3n) is 3.78. The molecule has 2 heterocycles. The summed E-state index contributed by atoms with van der Waals surface area (Å²) >= 11 is 1.80. The average molecular weight is 302 g/mol. The van der Waals surface area contributed by atoms with Crippen LogP contribution in [0.1, 0.15) is 35.9 Å². The molecule has 3 rings (SSSR count). The molecule has 0 atom stereocenters. The lowest BCUT2D eigenvalue weighted by Crippen LogP contribution is -2.27. The Balaban J connectivity index is 1.77. The molecule has 5 heteroatoms. The Hall–Kier alpha value is -1.46. The van der Waals surface area contributed by atoms with Crippen LogP contribution in [0.15, 0.2) is 23.7 Å². The Kier molecular flexibility index (Phi) is 4.51. The third-order valence-corrected chi connectivity index (χ3v) is 4.65. The minimum Gasteiger partial charge on any atom is -0.333 e. The summed E-state index contributed by atoms with van der Waals surface area (Å²) in [6.45, 7) is 6.92. The first-order chi connectivity index (χ1) is 10.3. The smallest absolute Gasteiger partial charge is 0.226 e. The molecular formula is C16H22N4S. The zero-order valence-corrected chi connectivity index (χ0v) is 13.5. The van der Waals surface area contributed by atoms with Crippen LogP contribution in [0.3, 0.4) is 0 Å². The van der Waals surface area contributed by atoms with Gasteiger partial charge in [0.15, 0.2) is 0 Å². The van der Waals surface area contributed by atoms with Gasteiger partial charge in [0, 0.05) is 34.9 Å². The molecule has 2 aromatic rings. The Bertz CT molecular complexity index is 578. The van der Waals surface area contributed by atoms with Gasteiger partial charge in [0.25, 0.3) is 0 Å². The summed E-state index contributed by atoms with van der Waals surface area (Å²) in [7, 11) is 0. The van der Waals surface area contributed by atoms with Crippen LogP contribution in [0.2, 0.25) is 0 Å². The molecule has 0 spiro atoms. The number of anilines is 1. The highest BCUT2D eigenvalue weighted by Gasteiger charge is 2.31. The topological polar surface area (TPSA) is 41.1 Å². The Morgan fingerprint density at radius 2 is 2.29 bits per heavy atom. The number of hydrogen-bond acceptors (Lipinski definition) is 5. The van der Waals surface area contributed by atoms with Gasteiger partial charge in [-0.25, -0.2) is 9.97 Å². The standard InChI is InChI=1S/C16H22N4S/c1-3-17-9-13-10-18-16(19-12(13)2)20(14-6-7-14)11-15-5-4-8-21-15/h4-5,8,10,14,17H,3,6-7,9,11H2,1-2H3. The second-order valence-corrected chi connectivity index (χ2v) is 6.53. The fraction of sp³-hybridized carbons (Fsp3) is 0.500. The molecule has 0 aromatic carbocycles. The highest BCUT2D eigenvalue weighted by molar-refractivity contribution is 7.09. The molecule has 112 valence electrons. The van der Waals surface area contributed by atoms with Gasteiger partial charge < -0.3 is 10.2 Å². The van der Waals surface area contributed by atoms with Gasteiger partial charge in [0.05, 0.1) is 6.54 Å². The zero-order chi connectivity index (χ0) is 14.7. The van der Waals surface area contributed by atoms with Crippen molar-refractivity contribution in [3.05, 3.63) is 39.8 Å². The van der Waals surface area contributed by atoms with Gasteiger partial charge in [-0.05, 0) is 37.8 Å². The summed E-state index contributed by atoms with van der Waals surface area (Å²) in [5.41, 5.74) is 2.27. The van der Waals surface area contributed by atoms with Crippen LogP contribution < -0.4 is 10.2 Å². The summed E-state index contributed by atoms with van der Waals surface area (Å²) in [6.07, 6.45) is 4.49. The van der Waals surface area contributed by atoms with E-state index < -0.39 is 0 Å². The highest BCUT2D eigenvalue weighted by atomic mass is 32.1. The first kappa shape index (κ1) is 14.5. The van der Waals surface area contributed by atoms with Gasteiger partial charge >= 0.3 is 0 Å². The van der Waals surface area contributed by atoms with Crippen molar-refractivity contribution in [3.63, 3.8) is 0 Å². The minimum atomic E-state index is 0.617. The number of aryl methyl sites for hydroxylation is 1. The van der Waals surface area contributed by atoms with Gasteiger partial charge in [-0.15, -0.1) is 11.3 Å². The minimum absolute atomic E-state index is 0.617. The molecule has 1 aliphatic rings. The second kappa shape index (κ2) is 6.54. The largest absolute Gasteiger partial charge is 0.333 e. The molecular weight excluding hydrogens is 280 g/mol. The summed E-state index contributed by atoms with van der Waals surface area (Å²) in [5, 5.41) is 5.46. The van der Waals surface area contributed by atoms with Gasteiger partial charge in [0.1, 0.15) is 0 Å². The lowest BCUT2D eigenvalue weighted by atomic mass is 10.2. The number of hydrogen-bond donors (Lipinski definition) is 1. The molecule has 0 aliphatic heterocycles. The molecule has 0 bridgehead atoms. The van der Waals surface area contributed by atoms with E-state index in [1.165, 1.54) is 23.3 Å². The van der Waals surface area contributed by atoms with E-state index in [-0.39, 0.29) is 0 Å². The highest BCUT2D eigenvalue weighted by Crippen LogP contribution is 2.32. The predicted molar refractivity (Wildman–Crippen MR) is 87.7 cm³/mol. The number of thiophene rings is 1. The van der Waals surface area contributed by atoms with E-state index in [9.17, 15) is 0 Å². The van der Waals surface area contributed by atoms with Crippen molar-refractivity contribution in [2.45, 2.75) is 45.8 Å². The summed E-state index contributed by atoms with van der Waals surface area (Å²) in [6, 6.07) is 4.91. The molecule has 0 radical (unpaired) electrons. The number of rotatable bonds is 7. The molecule has 0 unspecified atom stereocenters. The molecule has 2 aromatic heterocycles. The Morgan fingerprint density at radius 1 is 1.43 bits per heavy atom. The maximum Gasteiger partial charge on any atom is 0.226 e. The van der Waals surface area contributed by atoms with Crippen molar-refractivity contribution < 1.29 is 0 Å². The van der Waals surface area contributed by atoms with Crippen molar-refractivity contribution in [2.24, 2.45) is 0 Å². The zero-order valence-electron chi connectivity index (χ0n) is 12.7. The molecule has 0 amide bonds. The third kappa shape index (κ3) is 3.60. The van der Waals surface area contributed by atoms with E-state index in [2.05, 4.69) is 46.6 Å². The fourth-order valence-corrected chi connectivity index (χ4v) is 3.07. The molecule has 1 aliphatic carbocycles. The van der Waals surface area contributed by atoms with Crippen LogP contribution in [0.25, 0.3) is 0 Å². The van der Waals surface area contributed by atoms with Crippen LogP contribution in [0.5, 0.6) is 0 Å². The van der Waals surface area contributed by atoms with Crippen LogP contribution in [-0.2, 0) is 13.1 Å². The molecule has 0 saturated heterocycles. The van der Waals surface area contributed by atoms with E-state index in [1.54, 1.807) is 11.3 Å². The Labute approximate surface area is 130 Å². The number of nitrogens with zero attached hydrogens (tertiary/aromatic N) is 3. The van der Waals surface area contributed by atoms with Gasteiger partial charge in [0.2, 0.25) is 5.95 Å². The molecule has 4 nitrogen and oxygen atoms in total. The summed E-state index contributed by atoms with van der Waals surface area (Å²) in [5.74, 6) is 0.878. The monoisotopic (exact) mass is 302 g/mol. The molecule has 1 N–H and O–H groups in total. The van der Waals surface area contributed by atoms with E-state index in [0.717, 1.165) is 31.3 Å². The number of nitrogens with one attached hydrogen (secondary N) is 1. The maximum absolute atomic E-state index is 4.75. The second-order valence-electron chi connectivity index (χ2n) is 5.50. The van der Waals surface area contributed by atoms with Crippen LogP contribution in [0.4, 0.5) is 5.95 Å². The molecule has 1 fully saturated rings. The predicted octanol–water partition coefficient (Wildman–Crippen LogP) is 3.13. The van der Waals surface area contributed by atoms with Crippen LogP contribution in [0, 0.1) is 6.92 Å². The van der Waals surface area contributed by atoms with Crippen LogP contribution >= 0.6 is 11.3 Å². The van der Waals surface area contributed by atoms with Gasteiger partial charge in [-0.2, -0.15) is 0 Å². The van der Waals surface area contributed by atoms with Gasteiger partial charge in [-0.3, -0.25) is 0 Å². The summed E-state index contributed by atoms with van der Waals surface area (Å²) < 4.78 is 0. The van der Waals surface area contributed by atoms with Crippen molar-refractivity contribution >= 4 is 17.3 Å². The van der Waals surface area contributed by atoms with E-state index in [4.69, 9.17) is 4.98 Å². The van der Waals surface area contributed by atoms with E-state index in [0.29, 0.717) is 6.04 Å². The fourth-order valence-electron chi connectivity index (χ4n) is 2.37. The first-order valence-corrected chi connectivity index (χ1v) is 8.48. The SMILES string of the molecule is CCNCc1cnc(N(Cc2cccs2)C2CC2)nc1C. The van der Waals surface area contributed by atoms with Crippen molar-refractivity contribution in [2.75, 3.05) is 11.4 Å².